The molecule has 4 nitrogen and oxygen atoms in total. The molecule has 0 amide bonds. The maximum atomic E-state index is 11.3. The standard InChI is InChI=1S/C12H13ClN2O2/c1-3-17-12(16)8-15(2)10-5-4-9(7-14)11(13)6-10/h4-6H,3,8H2,1-2H3. The Morgan fingerprint density at radius 1 is 1.59 bits per heavy atom. The molecular formula is C12H13ClN2O2. The highest BCUT2D eigenvalue weighted by atomic mass is 35.5. The van der Waals surface area contributed by atoms with Gasteiger partial charge in [0.25, 0.3) is 0 Å². The molecule has 1 rings (SSSR count). The van der Waals surface area contributed by atoms with Crippen LogP contribution in [-0.4, -0.2) is 26.2 Å². The third kappa shape index (κ3) is 3.65. The topological polar surface area (TPSA) is 53.3 Å². The monoisotopic (exact) mass is 252 g/mol. The van der Waals surface area contributed by atoms with Gasteiger partial charge in [0.1, 0.15) is 12.6 Å². The highest BCUT2D eigenvalue weighted by Gasteiger charge is 2.09. The molecule has 90 valence electrons. The Morgan fingerprint density at radius 3 is 2.82 bits per heavy atom. The van der Waals surface area contributed by atoms with Gasteiger partial charge in [0.2, 0.25) is 0 Å². The third-order valence-corrected chi connectivity index (χ3v) is 2.50. The quantitative estimate of drug-likeness (QED) is 0.771. The van der Waals surface area contributed by atoms with Gasteiger partial charge >= 0.3 is 5.97 Å². The van der Waals surface area contributed by atoms with Gasteiger partial charge in [-0.1, -0.05) is 11.6 Å². The molecule has 0 aliphatic heterocycles. The number of hydrogen-bond acceptors (Lipinski definition) is 4. The number of carbonyl (C=O) groups excluding carboxylic acids is 1. The highest BCUT2D eigenvalue weighted by Crippen LogP contribution is 2.22. The smallest absolute Gasteiger partial charge is 0.325 e. The summed E-state index contributed by atoms with van der Waals surface area (Å²) in [6.45, 7) is 2.27. The molecule has 0 aliphatic carbocycles. The van der Waals surface area contributed by atoms with Crippen molar-refractivity contribution in [2.24, 2.45) is 0 Å². The molecule has 5 heteroatoms. The Balaban J connectivity index is 2.76. The summed E-state index contributed by atoms with van der Waals surface area (Å²) in [4.78, 5) is 13.0. The zero-order valence-corrected chi connectivity index (χ0v) is 10.5. The number of halogens is 1. The number of likely N-dealkylation sites (N-methyl/N-ethyl adjacent to an activating group) is 1. The number of esters is 1. The van der Waals surface area contributed by atoms with E-state index in [1.54, 1.807) is 37.1 Å². The minimum Gasteiger partial charge on any atom is -0.465 e. The minimum atomic E-state index is -0.296. The Bertz CT molecular complexity index is 454. The summed E-state index contributed by atoms with van der Waals surface area (Å²) in [6.07, 6.45) is 0. The number of nitriles is 1. The maximum Gasteiger partial charge on any atom is 0.325 e. The molecule has 17 heavy (non-hydrogen) atoms. The van der Waals surface area contributed by atoms with Crippen molar-refractivity contribution in [2.75, 3.05) is 25.1 Å². The Kier molecular flexibility index (Phi) is 4.80. The first-order chi connectivity index (χ1) is 8.08. The van der Waals surface area contributed by atoms with Gasteiger partial charge in [-0.05, 0) is 25.1 Å². The summed E-state index contributed by atoms with van der Waals surface area (Å²) in [5.74, 6) is -0.296. The van der Waals surface area contributed by atoms with Gasteiger partial charge in [-0.3, -0.25) is 4.79 Å². The number of rotatable bonds is 4. The van der Waals surface area contributed by atoms with Crippen LogP contribution >= 0.6 is 11.6 Å². The highest BCUT2D eigenvalue weighted by molar-refractivity contribution is 6.32. The molecule has 0 bridgehead atoms. The van der Waals surface area contributed by atoms with Gasteiger partial charge < -0.3 is 9.64 Å². The molecule has 0 aromatic heterocycles. The molecule has 0 saturated carbocycles. The molecule has 0 fully saturated rings. The second-order valence-corrected chi connectivity index (χ2v) is 3.84. The van der Waals surface area contributed by atoms with E-state index in [0.29, 0.717) is 17.2 Å². The number of benzene rings is 1. The van der Waals surface area contributed by atoms with Crippen molar-refractivity contribution >= 4 is 23.3 Å². The average molecular weight is 253 g/mol. The molecule has 0 aliphatic rings. The summed E-state index contributed by atoms with van der Waals surface area (Å²) in [7, 11) is 1.76. The lowest BCUT2D eigenvalue weighted by atomic mass is 10.2. The molecule has 0 N–H and O–H groups in total. The van der Waals surface area contributed by atoms with E-state index in [-0.39, 0.29) is 12.5 Å². The lowest BCUT2D eigenvalue weighted by Gasteiger charge is -2.18. The first-order valence-electron chi connectivity index (χ1n) is 5.15. The van der Waals surface area contributed by atoms with E-state index in [4.69, 9.17) is 21.6 Å². The van der Waals surface area contributed by atoms with Gasteiger partial charge in [0, 0.05) is 12.7 Å². The van der Waals surface area contributed by atoms with Crippen LogP contribution in [0.3, 0.4) is 0 Å². The van der Waals surface area contributed by atoms with Gasteiger partial charge in [0.05, 0.1) is 17.2 Å². The SMILES string of the molecule is CCOC(=O)CN(C)c1ccc(C#N)c(Cl)c1. The molecule has 0 atom stereocenters. The van der Waals surface area contributed by atoms with Crippen molar-refractivity contribution < 1.29 is 9.53 Å². The van der Waals surface area contributed by atoms with E-state index in [1.165, 1.54) is 0 Å². The van der Waals surface area contributed by atoms with Crippen molar-refractivity contribution in [3.8, 4) is 6.07 Å². The molecule has 1 aromatic carbocycles. The van der Waals surface area contributed by atoms with Crippen LogP contribution in [0.2, 0.25) is 5.02 Å². The van der Waals surface area contributed by atoms with Crippen LogP contribution in [0.25, 0.3) is 0 Å². The zero-order valence-electron chi connectivity index (χ0n) is 9.74. The van der Waals surface area contributed by atoms with E-state index in [0.717, 1.165) is 5.69 Å². The molecule has 1 aromatic rings. The van der Waals surface area contributed by atoms with Gasteiger partial charge in [-0.2, -0.15) is 5.26 Å². The van der Waals surface area contributed by atoms with Crippen LogP contribution in [0.4, 0.5) is 5.69 Å². The molecule has 0 saturated heterocycles. The molecule has 0 radical (unpaired) electrons. The van der Waals surface area contributed by atoms with Crippen LogP contribution in [0.15, 0.2) is 18.2 Å². The van der Waals surface area contributed by atoms with E-state index in [1.807, 2.05) is 6.07 Å². The van der Waals surface area contributed by atoms with E-state index < -0.39 is 0 Å². The van der Waals surface area contributed by atoms with Gasteiger partial charge in [0.15, 0.2) is 0 Å². The predicted octanol–water partition coefficient (Wildman–Crippen LogP) is 2.21. The summed E-state index contributed by atoms with van der Waals surface area (Å²) in [5, 5.41) is 9.12. The third-order valence-electron chi connectivity index (χ3n) is 2.19. The number of anilines is 1. The lowest BCUT2D eigenvalue weighted by molar-refractivity contribution is -0.141. The van der Waals surface area contributed by atoms with Crippen molar-refractivity contribution in [2.45, 2.75) is 6.92 Å². The van der Waals surface area contributed by atoms with E-state index >= 15 is 0 Å². The predicted molar refractivity (Wildman–Crippen MR) is 66.1 cm³/mol. The van der Waals surface area contributed by atoms with Crippen molar-refractivity contribution in [1.82, 2.24) is 0 Å². The summed E-state index contributed by atoms with van der Waals surface area (Å²) >= 11 is 5.91. The van der Waals surface area contributed by atoms with Crippen LogP contribution < -0.4 is 4.90 Å². The molecule has 0 unspecified atom stereocenters. The second kappa shape index (κ2) is 6.12. The first-order valence-corrected chi connectivity index (χ1v) is 5.52. The Hall–Kier alpha value is -1.73. The molecule has 0 spiro atoms. The number of carbonyl (C=O) groups is 1. The summed E-state index contributed by atoms with van der Waals surface area (Å²) < 4.78 is 4.84. The largest absolute Gasteiger partial charge is 0.465 e. The zero-order chi connectivity index (χ0) is 12.8. The number of nitrogens with zero attached hydrogens (tertiary/aromatic N) is 2. The van der Waals surface area contributed by atoms with E-state index in [9.17, 15) is 4.79 Å². The van der Waals surface area contributed by atoms with Crippen LogP contribution in [0, 0.1) is 11.3 Å². The molecule has 0 heterocycles. The normalized spacial score (nSPS) is 9.53. The number of ether oxygens (including phenoxy) is 1. The van der Waals surface area contributed by atoms with Crippen molar-refractivity contribution in [3.63, 3.8) is 0 Å². The lowest BCUT2D eigenvalue weighted by Crippen LogP contribution is -2.27. The van der Waals surface area contributed by atoms with Crippen LogP contribution in [-0.2, 0) is 9.53 Å². The molecular weight excluding hydrogens is 240 g/mol. The maximum absolute atomic E-state index is 11.3. The summed E-state index contributed by atoms with van der Waals surface area (Å²) in [6, 6.07) is 7.00. The fourth-order valence-electron chi connectivity index (χ4n) is 1.32. The fraction of sp³-hybridized carbons (Fsp3) is 0.333. The second-order valence-electron chi connectivity index (χ2n) is 3.44. The van der Waals surface area contributed by atoms with E-state index in [2.05, 4.69) is 0 Å². The van der Waals surface area contributed by atoms with Crippen LogP contribution in [0.5, 0.6) is 0 Å². The first kappa shape index (κ1) is 13.3. The summed E-state index contributed by atoms with van der Waals surface area (Å²) in [5.41, 5.74) is 1.18. The van der Waals surface area contributed by atoms with Crippen LogP contribution in [0.1, 0.15) is 12.5 Å². The van der Waals surface area contributed by atoms with Gasteiger partial charge in [-0.25, -0.2) is 0 Å². The fourth-order valence-corrected chi connectivity index (χ4v) is 1.54. The van der Waals surface area contributed by atoms with Crippen molar-refractivity contribution in [1.29, 1.82) is 5.26 Å². The Morgan fingerprint density at radius 2 is 2.29 bits per heavy atom. The average Bonchev–Trinajstić information content (AvgIpc) is 2.29. The Labute approximate surface area is 105 Å². The number of hydrogen-bond donors (Lipinski definition) is 0. The minimum absolute atomic E-state index is 0.149. The van der Waals surface area contributed by atoms with Gasteiger partial charge in [-0.15, -0.1) is 0 Å². The van der Waals surface area contributed by atoms with Crippen molar-refractivity contribution in [3.05, 3.63) is 28.8 Å².